The Labute approximate surface area is 124 Å². The van der Waals surface area contributed by atoms with Crippen LogP contribution in [-0.4, -0.2) is 0 Å². The molecule has 6 heteroatoms. The molecule has 0 fully saturated rings. The van der Waals surface area contributed by atoms with E-state index >= 15 is 0 Å². The van der Waals surface area contributed by atoms with E-state index < -0.39 is 23.5 Å². The highest BCUT2D eigenvalue weighted by molar-refractivity contribution is 6.42. The van der Waals surface area contributed by atoms with Crippen LogP contribution in [-0.2, 0) is 6.42 Å². The molecule has 0 saturated heterocycles. The normalized spacial score (nSPS) is 12.5. The maximum Gasteiger partial charge on any atom is 0.133 e. The summed E-state index contributed by atoms with van der Waals surface area (Å²) in [6, 6.07) is 5.11. The minimum atomic E-state index is -1.02. The Morgan fingerprint density at radius 1 is 1.05 bits per heavy atom. The average Bonchev–Trinajstić information content (AvgIpc) is 2.33. The van der Waals surface area contributed by atoms with E-state index in [1.165, 1.54) is 0 Å². The van der Waals surface area contributed by atoms with Gasteiger partial charge in [-0.25, -0.2) is 13.2 Å². The first-order chi connectivity index (χ1) is 9.40. The Morgan fingerprint density at radius 2 is 1.65 bits per heavy atom. The second-order valence-corrected chi connectivity index (χ2v) is 5.09. The molecular weight excluding hydrogens is 310 g/mol. The summed E-state index contributed by atoms with van der Waals surface area (Å²) in [6.45, 7) is 0. The molecule has 0 aliphatic heterocycles. The third-order valence-corrected chi connectivity index (χ3v) is 3.74. The van der Waals surface area contributed by atoms with Crippen molar-refractivity contribution >= 4 is 23.2 Å². The van der Waals surface area contributed by atoms with Gasteiger partial charge in [0.05, 0.1) is 10.0 Å². The molecule has 2 rings (SSSR count). The van der Waals surface area contributed by atoms with Crippen molar-refractivity contribution in [1.29, 1.82) is 0 Å². The molecule has 0 aliphatic rings. The predicted octanol–water partition coefficient (Wildman–Crippen LogP) is 4.65. The van der Waals surface area contributed by atoms with Gasteiger partial charge in [0.15, 0.2) is 0 Å². The summed E-state index contributed by atoms with van der Waals surface area (Å²) in [4.78, 5) is 0. The Bertz CT molecular complexity index is 623. The summed E-state index contributed by atoms with van der Waals surface area (Å²) in [5.74, 6) is -3.03. The van der Waals surface area contributed by atoms with E-state index in [0.29, 0.717) is 22.7 Å². The van der Waals surface area contributed by atoms with Crippen LogP contribution in [0.1, 0.15) is 17.2 Å². The van der Waals surface area contributed by atoms with Crippen molar-refractivity contribution in [3.63, 3.8) is 0 Å². The number of benzene rings is 2. The van der Waals surface area contributed by atoms with Gasteiger partial charge in [0.1, 0.15) is 17.5 Å². The lowest BCUT2D eigenvalue weighted by Crippen LogP contribution is -2.17. The van der Waals surface area contributed by atoms with E-state index in [0.717, 1.165) is 0 Å². The molecule has 0 saturated carbocycles. The lowest BCUT2D eigenvalue weighted by atomic mass is 9.98. The van der Waals surface area contributed by atoms with Crippen LogP contribution in [0.2, 0.25) is 10.0 Å². The van der Waals surface area contributed by atoms with Crippen LogP contribution < -0.4 is 5.73 Å². The maximum absolute atomic E-state index is 13.6. The Kier molecular flexibility index (Phi) is 4.58. The largest absolute Gasteiger partial charge is 0.323 e. The molecule has 20 heavy (non-hydrogen) atoms. The van der Waals surface area contributed by atoms with Gasteiger partial charge in [-0.1, -0.05) is 35.3 Å². The molecular formula is C14H10Cl2F3N. The lowest BCUT2D eigenvalue weighted by molar-refractivity contribution is 0.501. The molecule has 1 atom stereocenters. The number of hydrogen-bond donors (Lipinski definition) is 1. The van der Waals surface area contributed by atoms with E-state index in [9.17, 15) is 13.2 Å². The number of halogens is 5. The van der Waals surface area contributed by atoms with Crippen LogP contribution in [0.15, 0.2) is 30.3 Å². The average molecular weight is 320 g/mol. The van der Waals surface area contributed by atoms with Gasteiger partial charge in [-0.15, -0.1) is 0 Å². The van der Waals surface area contributed by atoms with Crippen molar-refractivity contribution in [3.05, 3.63) is 69.0 Å². The van der Waals surface area contributed by atoms with E-state index in [1.54, 1.807) is 18.2 Å². The van der Waals surface area contributed by atoms with Gasteiger partial charge >= 0.3 is 0 Å². The number of nitrogens with two attached hydrogens (primary N) is 1. The van der Waals surface area contributed by atoms with Gasteiger partial charge in [-0.2, -0.15) is 0 Å². The monoisotopic (exact) mass is 319 g/mol. The van der Waals surface area contributed by atoms with Crippen LogP contribution in [0.5, 0.6) is 0 Å². The Balaban J connectivity index is 2.33. The van der Waals surface area contributed by atoms with Crippen LogP contribution in [0.25, 0.3) is 0 Å². The second kappa shape index (κ2) is 6.04. The summed E-state index contributed by atoms with van der Waals surface area (Å²) in [6.07, 6.45) is 0.0822. The topological polar surface area (TPSA) is 26.0 Å². The SMILES string of the molecule is NC(Cc1cccc(Cl)c1Cl)c1c(F)cc(F)cc1F. The first kappa shape index (κ1) is 15.2. The van der Waals surface area contributed by atoms with Crippen molar-refractivity contribution in [1.82, 2.24) is 0 Å². The molecule has 1 unspecified atom stereocenters. The molecule has 2 aromatic rings. The minimum Gasteiger partial charge on any atom is -0.323 e. The van der Waals surface area contributed by atoms with Gasteiger partial charge in [-0.05, 0) is 18.1 Å². The highest BCUT2D eigenvalue weighted by Gasteiger charge is 2.20. The summed E-state index contributed by atoms with van der Waals surface area (Å²) in [5, 5.41) is 0.615. The molecule has 0 heterocycles. The zero-order valence-electron chi connectivity index (χ0n) is 10.1. The standard InChI is InChI=1S/C14H10Cl2F3N/c15-9-3-1-2-7(14(9)16)4-12(20)13-10(18)5-8(17)6-11(13)19/h1-3,5-6,12H,4,20H2. The fourth-order valence-corrected chi connectivity index (χ4v) is 2.35. The highest BCUT2D eigenvalue weighted by Crippen LogP contribution is 2.30. The Hall–Kier alpha value is -1.23. The highest BCUT2D eigenvalue weighted by atomic mass is 35.5. The molecule has 0 bridgehead atoms. The maximum atomic E-state index is 13.6. The molecule has 0 radical (unpaired) electrons. The fourth-order valence-electron chi connectivity index (χ4n) is 1.95. The zero-order chi connectivity index (χ0) is 14.9. The fraction of sp³-hybridized carbons (Fsp3) is 0.143. The van der Waals surface area contributed by atoms with Crippen LogP contribution in [0.4, 0.5) is 13.2 Å². The predicted molar refractivity (Wildman–Crippen MR) is 73.4 cm³/mol. The lowest BCUT2D eigenvalue weighted by Gasteiger charge is -2.15. The molecule has 2 aromatic carbocycles. The summed E-state index contributed by atoms with van der Waals surface area (Å²) in [5.41, 5.74) is 5.99. The van der Waals surface area contributed by atoms with E-state index in [-0.39, 0.29) is 17.0 Å². The number of hydrogen-bond acceptors (Lipinski definition) is 1. The van der Waals surface area contributed by atoms with Gasteiger partial charge in [-0.3, -0.25) is 0 Å². The van der Waals surface area contributed by atoms with Gasteiger partial charge in [0, 0.05) is 23.7 Å². The van der Waals surface area contributed by atoms with Crippen LogP contribution in [0, 0.1) is 17.5 Å². The van der Waals surface area contributed by atoms with Crippen molar-refractivity contribution in [2.75, 3.05) is 0 Å². The zero-order valence-corrected chi connectivity index (χ0v) is 11.7. The van der Waals surface area contributed by atoms with Gasteiger partial charge in [0.2, 0.25) is 0 Å². The van der Waals surface area contributed by atoms with Crippen molar-refractivity contribution < 1.29 is 13.2 Å². The first-order valence-electron chi connectivity index (χ1n) is 5.73. The first-order valence-corrected chi connectivity index (χ1v) is 6.48. The molecule has 0 amide bonds. The van der Waals surface area contributed by atoms with Crippen LogP contribution >= 0.6 is 23.2 Å². The molecule has 0 aliphatic carbocycles. The quantitative estimate of drug-likeness (QED) is 0.875. The van der Waals surface area contributed by atoms with Gasteiger partial charge < -0.3 is 5.73 Å². The van der Waals surface area contributed by atoms with E-state index in [4.69, 9.17) is 28.9 Å². The molecule has 1 nitrogen and oxygen atoms in total. The second-order valence-electron chi connectivity index (χ2n) is 4.31. The third kappa shape index (κ3) is 3.08. The summed E-state index contributed by atoms with van der Waals surface area (Å²) in [7, 11) is 0. The van der Waals surface area contributed by atoms with E-state index in [2.05, 4.69) is 0 Å². The smallest absolute Gasteiger partial charge is 0.133 e. The Morgan fingerprint density at radius 3 is 2.25 bits per heavy atom. The summed E-state index contributed by atoms with van der Waals surface area (Å²) >= 11 is 11.9. The molecule has 0 aromatic heterocycles. The minimum absolute atomic E-state index is 0.0822. The molecule has 2 N–H and O–H groups in total. The van der Waals surface area contributed by atoms with Gasteiger partial charge in [0.25, 0.3) is 0 Å². The van der Waals surface area contributed by atoms with Crippen molar-refractivity contribution in [2.24, 2.45) is 5.73 Å². The van der Waals surface area contributed by atoms with Crippen molar-refractivity contribution in [2.45, 2.75) is 12.5 Å². The summed E-state index contributed by atoms with van der Waals surface area (Å²) < 4.78 is 40.1. The van der Waals surface area contributed by atoms with Crippen LogP contribution in [0.3, 0.4) is 0 Å². The molecule has 0 spiro atoms. The molecule has 106 valence electrons. The third-order valence-electron chi connectivity index (χ3n) is 2.89. The van der Waals surface area contributed by atoms with E-state index in [1.807, 2.05) is 0 Å². The number of rotatable bonds is 3. The van der Waals surface area contributed by atoms with Crippen molar-refractivity contribution in [3.8, 4) is 0 Å².